The maximum Gasteiger partial charge on any atom is 0.251 e. The Balaban J connectivity index is 1.74. The van der Waals surface area contributed by atoms with Crippen molar-refractivity contribution in [2.24, 2.45) is 0 Å². The largest absolute Gasteiger partial charge is 0.497 e. The minimum Gasteiger partial charge on any atom is -0.497 e. The molecule has 0 saturated carbocycles. The Bertz CT molecular complexity index is 784. The molecule has 0 aromatic heterocycles. The van der Waals surface area contributed by atoms with Crippen LogP contribution in [0, 0.1) is 0 Å². The number of amides is 2. The molecule has 3 rings (SSSR count). The van der Waals surface area contributed by atoms with Crippen LogP contribution < -0.4 is 15.4 Å². The third-order valence-electron chi connectivity index (χ3n) is 4.49. The van der Waals surface area contributed by atoms with E-state index in [-0.39, 0.29) is 17.9 Å². The van der Waals surface area contributed by atoms with Crippen LogP contribution in [0.4, 0.5) is 5.69 Å². The molecule has 1 unspecified atom stereocenters. The van der Waals surface area contributed by atoms with Crippen molar-refractivity contribution in [3.05, 3.63) is 59.2 Å². The highest BCUT2D eigenvalue weighted by Crippen LogP contribution is 2.25. The van der Waals surface area contributed by atoms with Crippen molar-refractivity contribution in [2.75, 3.05) is 12.4 Å². The molecule has 2 aromatic rings. The maximum atomic E-state index is 12.6. The topological polar surface area (TPSA) is 67.4 Å². The van der Waals surface area contributed by atoms with Gasteiger partial charge in [0.1, 0.15) is 5.75 Å². The molecule has 0 saturated heterocycles. The van der Waals surface area contributed by atoms with Gasteiger partial charge in [0.05, 0.1) is 13.2 Å². The number of hydrogen-bond acceptors (Lipinski definition) is 3. The number of carbonyl (C=O) groups excluding carboxylic acids is 2. The number of aryl methyl sites for hydroxylation is 1. The van der Waals surface area contributed by atoms with Gasteiger partial charge in [-0.05, 0) is 54.3 Å². The number of rotatable bonds is 5. The zero-order valence-corrected chi connectivity index (χ0v) is 14.5. The lowest BCUT2D eigenvalue weighted by Crippen LogP contribution is -2.28. The molecule has 1 aliphatic heterocycles. The van der Waals surface area contributed by atoms with E-state index in [0.29, 0.717) is 18.4 Å². The first-order chi connectivity index (χ1) is 12.1. The zero-order chi connectivity index (χ0) is 17.8. The van der Waals surface area contributed by atoms with Gasteiger partial charge in [0.15, 0.2) is 0 Å². The van der Waals surface area contributed by atoms with Gasteiger partial charge in [0.25, 0.3) is 5.91 Å². The second kappa shape index (κ2) is 7.38. The first kappa shape index (κ1) is 17.0. The Hall–Kier alpha value is -2.82. The highest BCUT2D eigenvalue weighted by molar-refractivity contribution is 5.98. The number of hydrogen-bond donors (Lipinski definition) is 2. The fourth-order valence-corrected chi connectivity index (χ4v) is 3.02. The van der Waals surface area contributed by atoms with E-state index in [1.54, 1.807) is 19.2 Å². The van der Waals surface area contributed by atoms with Crippen LogP contribution in [0.15, 0.2) is 42.5 Å². The first-order valence-corrected chi connectivity index (χ1v) is 8.48. The Morgan fingerprint density at radius 3 is 2.64 bits per heavy atom. The molecule has 0 radical (unpaired) electrons. The molecule has 2 N–H and O–H groups in total. The molecule has 1 heterocycles. The second-order valence-electron chi connectivity index (χ2n) is 6.13. The van der Waals surface area contributed by atoms with E-state index in [1.165, 1.54) is 0 Å². The minimum atomic E-state index is -0.109. The molecule has 2 amide bonds. The number of methoxy groups -OCH3 is 1. The fourth-order valence-electron chi connectivity index (χ4n) is 3.02. The maximum absolute atomic E-state index is 12.6. The summed E-state index contributed by atoms with van der Waals surface area (Å²) in [6.45, 7) is 2.04. The summed E-state index contributed by atoms with van der Waals surface area (Å²) in [6.07, 6.45) is 1.92. The molecular weight excluding hydrogens is 316 g/mol. The predicted octanol–water partition coefficient (Wildman–Crippen LogP) is 3.46. The first-order valence-electron chi connectivity index (χ1n) is 8.48. The van der Waals surface area contributed by atoms with Crippen molar-refractivity contribution in [2.45, 2.75) is 32.2 Å². The van der Waals surface area contributed by atoms with Crippen LogP contribution >= 0.6 is 0 Å². The fraction of sp³-hybridized carbons (Fsp3) is 0.300. The Labute approximate surface area is 147 Å². The lowest BCUT2D eigenvalue weighted by atomic mass is 9.99. The van der Waals surface area contributed by atoms with E-state index in [2.05, 4.69) is 10.6 Å². The number of fused-ring (bicyclic) bond motifs is 1. The van der Waals surface area contributed by atoms with Gasteiger partial charge in [0.2, 0.25) is 5.91 Å². The molecule has 2 aromatic carbocycles. The summed E-state index contributed by atoms with van der Waals surface area (Å²) in [5.74, 6) is 0.708. The van der Waals surface area contributed by atoms with E-state index in [4.69, 9.17) is 4.74 Å². The van der Waals surface area contributed by atoms with Crippen molar-refractivity contribution in [1.29, 1.82) is 0 Å². The van der Waals surface area contributed by atoms with Gasteiger partial charge in [-0.2, -0.15) is 0 Å². The third kappa shape index (κ3) is 3.82. The molecule has 25 heavy (non-hydrogen) atoms. The summed E-state index contributed by atoms with van der Waals surface area (Å²) < 4.78 is 5.18. The molecule has 5 heteroatoms. The Morgan fingerprint density at radius 1 is 1.20 bits per heavy atom. The average molecular weight is 338 g/mol. The van der Waals surface area contributed by atoms with Gasteiger partial charge in [-0.15, -0.1) is 0 Å². The van der Waals surface area contributed by atoms with Crippen LogP contribution in [0.1, 0.15) is 47.3 Å². The molecule has 130 valence electrons. The number of nitrogens with one attached hydrogen (secondary N) is 2. The van der Waals surface area contributed by atoms with E-state index in [0.717, 1.165) is 29.0 Å². The van der Waals surface area contributed by atoms with E-state index < -0.39 is 0 Å². The average Bonchev–Trinajstić information content (AvgIpc) is 2.65. The predicted molar refractivity (Wildman–Crippen MR) is 96.9 cm³/mol. The molecular formula is C20H22N2O3. The van der Waals surface area contributed by atoms with Crippen molar-refractivity contribution in [3.8, 4) is 5.75 Å². The van der Waals surface area contributed by atoms with Gasteiger partial charge < -0.3 is 15.4 Å². The van der Waals surface area contributed by atoms with E-state index >= 15 is 0 Å². The van der Waals surface area contributed by atoms with Gasteiger partial charge in [-0.25, -0.2) is 0 Å². The standard InChI is InChI=1S/C20H22N2O3/c1-3-17(13-4-8-16(25-2)9-5-13)22-20(24)15-6-10-18-14(12-15)7-11-19(23)21-18/h4-6,8-10,12,17H,3,7,11H2,1-2H3,(H,21,23)(H,22,24). The van der Waals surface area contributed by atoms with Gasteiger partial charge in [-0.3, -0.25) is 9.59 Å². The summed E-state index contributed by atoms with van der Waals surface area (Å²) in [4.78, 5) is 24.1. The number of benzene rings is 2. The highest BCUT2D eigenvalue weighted by atomic mass is 16.5. The molecule has 0 aliphatic carbocycles. The molecule has 0 bridgehead atoms. The van der Waals surface area contributed by atoms with Crippen molar-refractivity contribution in [3.63, 3.8) is 0 Å². The molecule has 0 fully saturated rings. The SMILES string of the molecule is CCC(NC(=O)c1ccc2c(c1)CCC(=O)N2)c1ccc(OC)cc1. The normalized spacial score (nSPS) is 14.2. The molecule has 1 atom stereocenters. The van der Waals surface area contributed by atoms with Gasteiger partial charge >= 0.3 is 0 Å². The molecule has 0 spiro atoms. The van der Waals surface area contributed by atoms with Crippen molar-refractivity contribution < 1.29 is 14.3 Å². The Kier molecular flexibility index (Phi) is 5.03. The van der Waals surface area contributed by atoms with Crippen LogP contribution in [0.25, 0.3) is 0 Å². The number of ether oxygens (including phenoxy) is 1. The highest BCUT2D eigenvalue weighted by Gasteiger charge is 2.18. The van der Waals surface area contributed by atoms with Crippen LogP contribution in [0.2, 0.25) is 0 Å². The van der Waals surface area contributed by atoms with Crippen LogP contribution in [-0.4, -0.2) is 18.9 Å². The second-order valence-corrected chi connectivity index (χ2v) is 6.13. The monoisotopic (exact) mass is 338 g/mol. The number of carbonyl (C=O) groups is 2. The summed E-state index contributed by atoms with van der Waals surface area (Å²) in [7, 11) is 1.63. The van der Waals surface area contributed by atoms with Gasteiger partial charge in [-0.1, -0.05) is 19.1 Å². The Morgan fingerprint density at radius 2 is 1.96 bits per heavy atom. The van der Waals surface area contributed by atoms with Gasteiger partial charge in [0, 0.05) is 17.7 Å². The smallest absolute Gasteiger partial charge is 0.251 e. The van der Waals surface area contributed by atoms with E-state index in [9.17, 15) is 9.59 Å². The lowest BCUT2D eigenvalue weighted by Gasteiger charge is -2.20. The van der Waals surface area contributed by atoms with Crippen molar-refractivity contribution in [1.82, 2.24) is 5.32 Å². The summed E-state index contributed by atoms with van der Waals surface area (Å²) in [6, 6.07) is 13.1. The molecule has 1 aliphatic rings. The zero-order valence-electron chi connectivity index (χ0n) is 14.5. The summed E-state index contributed by atoms with van der Waals surface area (Å²) in [5, 5.41) is 5.92. The van der Waals surface area contributed by atoms with Crippen LogP contribution in [-0.2, 0) is 11.2 Å². The van der Waals surface area contributed by atoms with Crippen LogP contribution in [0.3, 0.4) is 0 Å². The van der Waals surface area contributed by atoms with E-state index in [1.807, 2.05) is 37.3 Å². The minimum absolute atomic E-state index is 0.0234. The quantitative estimate of drug-likeness (QED) is 0.877. The molecule has 5 nitrogen and oxygen atoms in total. The summed E-state index contributed by atoms with van der Waals surface area (Å²) in [5.41, 5.74) is 3.46. The summed E-state index contributed by atoms with van der Waals surface area (Å²) >= 11 is 0. The van der Waals surface area contributed by atoms with Crippen LogP contribution in [0.5, 0.6) is 5.75 Å². The van der Waals surface area contributed by atoms with Crippen molar-refractivity contribution >= 4 is 17.5 Å². The lowest BCUT2D eigenvalue weighted by molar-refractivity contribution is -0.116. The third-order valence-corrected chi connectivity index (χ3v) is 4.49. The number of anilines is 1.